The molecule has 2 aromatic carbocycles. The molecule has 0 bridgehead atoms. The topological polar surface area (TPSA) is 61.0 Å². The molecule has 0 aliphatic rings. The highest BCUT2D eigenvalue weighted by atomic mass is 35.5. The molecular weight excluding hydrogens is 290 g/mol. The highest BCUT2D eigenvalue weighted by Gasteiger charge is 2.08. The summed E-state index contributed by atoms with van der Waals surface area (Å²) in [6.45, 7) is 0. The Morgan fingerprint density at radius 1 is 1.10 bits per heavy atom. The van der Waals surface area contributed by atoms with Crippen molar-refractivity contribution in [2.75, 3.05) is 0 Å². The molecule has 0 aliphatic carbocycles. The Balaban J connectivity index is 1.95. The van der Waals surface area contributed by atoms with E-state index in [0.29, 0.717) is 5.02 Å². The molecule has 0 unspecified atom stereocenters. The number of hydrogen-bond donors (Lipinski definition) is 0. The maximum Gasteiger partial charge on any atom is 0.269 e. The minimum atomic E-state index is -0.429. The lowest BCUT2D eigenvalue weighted by Crippen LogP contribution is -1.94. The van der Waals surface area contributed by atoms with Gasteiger partial charge in [0, 0.05) is 34.5 Å². The predicted octanol–water partition coefficient (Wildman–Crippen LogP) is 4.10. The van der Waals surface area contributed by atoms with Gasteiger partial charge in [-0.2, -0.15) is 5.10 Å². The van der Waals surface area contributed by atoms with Crippen molar-refractivity contribution in [1.82, 2.24) is 9.78 Å². The zero-order valence-electron chi connectivity index (χ0n) is 10.8. The lowest BCUT2D eigenvalue weighted by Gasteiger charge is -2.01. The Labute approximate surface area is 125 Å². The Kier molecular flexibility index (Phi) is 3.41. The summed E-state index contributed by atoms with van der Waals surface area (Å²) in [7, 11) is 0. The van der Waals surface area contributed by atoms with Gasteiger partial charge >= 0.3 is 0 Å². The summed E-state index contributed by atoms with van der Waals surface area (Å²) >= 11 is 6.16. The second-order valence-corrected chi connectivity index (χ2v) is 4.83. The molecule has 6 heteroatoms. The van der Waals surface area contributed by atoms with Crippen LogP contribution in [0.15, 0.2) is 60.9 Å². The summed E-state index contributed by atoms with van der Waals surface area (Å²) in [6, 6.07) is 13.7. The fraction of sp³-hybridized carbons (Fsp3) is 0. The molecular formula is C15H10ClN3O2. The zero-order chi connectivity index (χ0) is 14.8. The van der Waals surface area contributed by atoms with E-state index in [4.69, 9.17) is 11.6 Å². The molecule has 0 atom stereocenters. The standard InChI is InChI=1S/C15H10ClN3O2/c16-15-4-2-1-3-14(15)11-9-17-18(10-11)12-5-7-13(8-6-12)19(20)21/h1-10H. The van der Waals surface area contributed by atoms with Crippen LogP contribution in [0.1, 0.15) is 0 Å². The summed E-state index contributed by atoms with van der Waals surface area (Å²) in [5.41, 5.74) is 2.59. The Morgan fingerprint density at radius 2 is 1.81 bits per heavy atom. The summed E-state index contributed by atoms with van der Waals surface area (Å²) in [5, 5.41) is 15.6. The molecule has 3 aromatic rings. The van der Waals surface area contributed by atoms with E-state index in [9.17, 15) is 10.1 Å². The number of non-ortho nitro benzene ring substituents is 1. The number of halogens is 1. The van der Waals surface area contributed by atoms with Crippen LogP contribution in [-0.4, -0.2) is 14.7 Å². The Hall–Kier alpha value is -2.66. The number of nitrogens with zero attached hydrogens (tertiary/aromatic N) is 3. The van der Waals surface area contributed by atoms with E-state index in [1.54, 1.807) is 23.0 Å². The zero-order valence-corrected chi connectivity index (χ0v) is 11.6. The Bertz CT molecular complexity index is 797. The summed E-state index contributed by atoms with van der Waals surface area (Å²) in [6.07, 6.45) is 3.55. The second-order valence-electron chi connectivity index (χ2n) is 4.43. The number of nitro groups is 1. The van der Waals surface area contributed by atoms with Gasteiger partial charge in [0.15, 0.2) is 0 Å². The SMILES string of the molecule is O=[N+]([O-])c1ccc(-n2cc(-c3ccccc3Cl)cn2)cc1. The summed E-state index contributed by atoms with van der Waals surface area (Å²) in [4.78, 5) is 10.2. The molecule has 0 amide bonds. The van der Waals surface area contributed by atoms with Crippen molar-refractivity contribution in [3.63, 3.8) is 0 Å². The summed E-state index contributed by atoms with van der Waals surface area (Å²) < 4.78 is 1.66. The first-order valence-electron chi connectivity index (χ1n) is 6.19. The van der Waals surface area contributed by atoms with Gasteiger partial charge in [-0.3, -0.25) is 10.1 Å². The van der Waals surface area contributed by atoms with Crippen molar-refractivity contribution >= 4 is 17.3 Å². The molecule has 3 rings (SSSR count). The third kappa shape index (κ3) is 2.64. The van der Waals surface area contributed by atoms with Gasteiger partial charge in [0.05, 0.1) is 16.8 Å². The molecule has 104 valence electrons. The molecule has 0 saturated carbocycles. The van der Waals surface area contributed by atoms with Gasteiger partial charge in [-0.05, 0) is 18.2 Å². The highest BCUT2D eigenvalue weighted by molar-refractivity contribution is 6.33. The molecule has 1 heterocycles. The monoisotopic (exact) mass is 299 g/mol. The fourth-order valence-corrected chi connectivity index (χ4v) is 2.27. The lowest BCUT2D eigenvalue weighted by atomic mass is 10.1. The van der Waals surface area contributed by atoms with Crippen LogP contribution < -0.4 is 0 Å². The minimum Gasteiger partial charge on any atom is -0.258 e. The van der Waals surface area contributed by atoms with Crippen LogP contribution in [0.2, 0.25) is 5.02 Å². The van der Waals surface area contributed by atoms with Crippen LogP contribution in [0, 0.1) is 10.1 Å². The van der Waals surface area contributed by atoms with Crippen molar-refractivity contribution in [3.8, 4) is 16.8 Å². The lowest BCUT2D eigenvalue weighted by molar-refractivity contribution is -0.384. The number of aromatic nitrogens is 2. The first-order chi connectivity index (χ1) is 10.1. The van der Waals surface area contributed by atoms with E-state index in [2.05, 4.69) is 5.10 Å². The van der Waals surface area contributed by atoms with E-state index < -0.39 is 4.92 Å². The van der Waals surface area contributed by atoms with Gasteiger partial charge in [0.2, 0.25) is 0 Å². The molecule has 0 N–H and O–H groups in total. The van der Waals surface area contributed by atoms with Gasteiger partial charge in [-0.15, -0.1) is 0 Å². The van der Waals surface area contributed by atoms with E-state index in [1.165, 1.54) is 12.1 Å². The number of benzene rings is 2. The van der Waals surface area contributed by atoms with Crippen LogP contribution in [0.4, 0.5) is 5.69 Å². The van der Waals surface area contributed by atoms with Gasteiger partial charge in [0.1, 0.15) is 0 Å². The number of nitro benzene ring substituents is 1. The van der Waals surface area contributed by atoms with Crippen LogP contribution in [-0.2, 0) is 0 Å². The van der Waals surface area contributed by atoms with Gasteiger partial charge in [-0.25, -0.2) is 4.68 Å². The molecule has 0 saturated heterocycles. The molecule has 1 aromatic heterocycles. The van der Waals surface area contributed by atoms with Crippen LogP contribution in [0.5, 0.6) is 0 Å². The van der Waals surface area contributed by atoms with Crippen LogP contribution in [0.25, 0.3) is 16.8 Å². The largest absolute Gasteiger partial charge is 0.269 e. The first kappa shape index (κ1) is 13.3. The quantitative estimate of drug-likeness (QED) is 0.540. The molecule has 0 radical (unpaired) electrons. The van der Waals surface area contributed by atoms with Gasteiger partial charge in [0.25, 0.3) is 5.69 Å². The average molecular weight is 300 g/mol. The normalized spacial score (nSPS) is 10.5. The third-order valence-electron chi connectivity index (χ3n) is 3.09. The third-order valence-corrected chi connectivity index (χ3v) is 3.42. The molecule has 5 nitrogen and oxygen atoms in total. The maximum absolute atomic E-state index is 10.6. The van der Waals surface area contributed by atoms with E-state index in [-0.39, 0.29) is 5.69 Å². The smallest absolute Gasteiger partial charge is 0.258 e. The van der Waals surface area contributed by atoms with Crippen molar-refractivity contribution in [2.45, 2.75) is 0 Å². The van der Waals surface area contributed by atoms with E-state index in [1.807, 2.05) is 30.5 Å². The molecule has 0 aliphatic heterocycles. The first-order valence-corrected chi connectivity index (χ1v) is 6.57. The van der Waals surface area contributed by atoms with Crippen molar-refractivity contribution < 1.29 is 4.92 Å². The average Bonchev–Trinajstić information content (AvgIpc) is 2.97. The number of rotatable bonds is 3. The molecule has 0 fully saturated rings. The van der Waals surface area contributed by atoms with Crippen molar-refractivity contribution in [1.29, 1.82) is 0 Å². The predicted molar refractivity (Wildman–Crippen MR) is 80.7 cm³/mol. The fourth-order valence-electron chi connectivity index (χ4n) is 2.03. The Morgan fingerprint density at radius 3 is 2.48 bits per heavy atom. The summed E-state index contributed by atoms with van der Waals surface area (Å²) in [5.74, 6) is 0. The maximum atomic E-state index is 10.6. The van der Waals surface area contributed by atoms with Crippen molar-refractivity contribution in [3.05, 3.63) is 76.1 Å². The molecule has 0 spiro atoms. The van der Waals surface area contributed by atoms with Gasteiger partial charge < -0.3 is 0 Å². The molecule has 21 heavy (non-hydrogen) atoms. The van der Waals surface area contributed by atoms with Crippen LogP contribution >= 0.6 is 11.6 Å². The second kappa shape index (κ2) is 5.38. The number of hydrogen-bond acceptors (Lipinski definition) is 3. The minimum absolute atomic E-state index is 0.0530. The highest BCUT2D eigenvalue weighted by Crippen LogP contribution is 2.27. The van der Waals surface area contributed by atoms with Crippen molar-refractivity contribution in [2.24, 2.45) is 0 Å². The van der Waals surface area contributed by atoms with E-state index in [0.717, 1.165) is 16.8 Å². The van der Waals surface area contributed by atoms with Gasteiger partial charge in [-0.1, -0.05) is 29.8 Å². The van der Waals surface area contributed by atoms with Crippen LogP contribution in [0.3, 0.4) is 0 Å². The van der Waals surface area contributed by atoms with E-state index >= 15 is 0 Å².